The lowest BCUT2D eigenvalue weighted by atomic mass is 9.74. The summed E-state index contributed by atoms with van der Waals surface area (Å²) in [5.41, 5.74) is -1.38. The zero-order chi connectivity index (χ0) is 15.1. The van der Waals surface area contributed by atoms with E-state index in [4.69, 9.17) is 9.47 Å². The summed E-state index contributed by atoms with van der Waals surface area (Å²) in [6.07, 6.45) is -0.819. The summed E-state index contributed by atoms with van der Waals surface area (Å²) in [7, 11) is 0. The lowest BCUT2D eigenvalue weighted by Crippen LogP contribution is -2.50. The fourth-order valence-electron chi connectivity index (χ4n) is 2.84. The van der Waals surface area contributed by atoms with E-state index in [9.17, 15) is 14.7 Å². The van der Waals surface area contributed by atoms with Crippen molar-refractivity contribution >= 4 is 12.1 Å². The minimum Gasteiger partial charge on any atom is -0.459 e. The average Bonchev–Trinajstić information content (AvgIpc) is 2.53. The molecule has 6 heteroatoms. The van der Waals surface area contributed by atoms with Crippen LogP contribution in [-0.2, 0) is 14.3 Å². The Bertz CT molecular complexity index is 406. The maximum atomic E-state index is 12.0. The Morgan fingerprint density at radius 1 is 1.40 bits per heavy atom. The lowest BCUT2D eigenvalue weighted by Gasteiger charge is -2.38. The first kappa shape index (κ1) is 15.1. The van der Waals surface area contributed by atoms with Gasteiger partial charge in [-0.05, 0) is 40.5 Å². The number of ether oxygens (including phenoxy) is 2. The number of carbonyl (C=O) groups is 2. The molecule has 0 aromatic rings. The summed E-state index contributed by atoms with van der Waals surface area (Å²) in [5.74, 6) is -0.346. The number of aliphatic hydroxyl groups excluding tert-OH is 1. The van der Waals surface area contributed by atoms with Crippen LogP contribution in [0.2, 0.25) is 0 Å². The Morgan fingerprint density at radius 2 is 1.95 bits per heavy atom. The third-order valence-corrected chi connectivity index (χ3v) is 4.02. The molecular formula is C14H23NO5. The van der Waals surface area contributed by atoms with Crippen molar-refractivity contribution in [3.63, 3.8) is 0 Å². The van der Waals surface area contributed by atoms with Crippen molar-refractivity contribution in [2.75, 3.05) is 13.1 Å². The van der Waals surface area contributed by atoms with Gasteiger partial charge in [-0.1, -0.05) is 0 Å². The van der Waals surface area contributed by atoms with E-state index in [1.165, 1.54) is 0 Å². The molecule has 2 atom stereocenters. The van der Waals surface area contributed by atoms with Crippen LogP contribution in [0.1, 0.15) is 40.5 Å². The molecule has 1 spiro atoms. The Morgan fingerprint density at radius 3 is 2.35 bits per heavy atom. The normalized spacial score (nSPS) is 29.4. The first-order valence-corrected chi connectivity index (χ1v) is 7.03. The molecule has 0 saturated carbocycles. The van der Waals surface area contributed by atoms with Crippen molar-refractivity contribution < 1.29 is 24.2 Å². The zero-order valence-electron chi connectivity index (χ0n) is 12.5. The van der Waals surface area contributed by atoms with Gasteiger partial charge in [0.15, 0.2) is 0 Å². The number of nitrogens with zero attached hydrogens (tertiary/aromatic N) is 1. The zero-order valence-corrected chi connectivity index (χ0v) is 12.5. The fourth-order valence-corrected chi connectivity index (χ4v) is 2.84. The van der Waals surface area contributed by atoms with Gasteiger partial charge in [0.1, 0.15) is 23.2 Å². The fraction of sp³-hybridized carbons (Fsp3) is 0.857. The number of carbonyl (C=O) groups excluding carboxylic acids is 2. The minimum atomic E-state index is -0.849. The second kappa shape index (κ2) is 4.91. The van der Waals surface area contributed by atoms with E-state index in [1.54, 1.807) is 11.8 Å². The molecule has 1 amide bonds. The monoisotopic (exact) mass is 285 g/mol. The first-order valence-electron chi connectivity index (χ1n) is 7.03. The summed E-state index contributed by atoms with van der Waals surface area (Å²) in [4.78, 5) is 25.5. The van der Waals surface area contributed by atoms with E-state index < -0.39 is 23.2 Å². The first-order chi connectivity index (χ1) is 9.16. The Balaban J connectivity index is 1.99. The Kier molecular flexibility index (Phi) is 3.71. The summed E-state index contributed by atoms with van der Waals surface area (Å²) < 4.78 is 10.4. The second-order valence-corrected chi connectivity index (χ2v) is 6.68. The minimum absolute atomic E-state index is 0.346. The molecule has 2 heterocycles. The maximum Gasteiger partial charge on any atom is 0.410 e. The van der Waals surface area contributed by atoms with Crippen molar-refractivity contribution in [3.05, 3.63) is 0 Å². The highest BCUT2D eigenvalue weighted by atomic mass is 16.6. The highest BCUT2D eigenvalue weighted by molar-refractivity contribution is 5.81. The van der Waals surface area contributed by atoms with Crippen LogP contribution in [0.4, 0.5) is 4.79 Å². The van der Waals surface area contributed by atoms with Crippen LogP contribution < -0.4 is 0 Å². The van der Waals surface area contributed by atoms with Crippen LogP contribution in [-0.4, -0.2) is 53.0 Å². The molecule has 2 saturated heterocycles. The Hall–Kier alpha value is -1.30. The molecule has 6 nitrogen and oxygen atoms in total. The maximum absolute atomic E-state index is 12.0. The molecule has 0 aromatic carbocycles. The molecule has 20 heavy (non-hydrogen) atoms. The Labute approximate surface area is 119 Å². The summed E-state index contributed by atoms with van der Waals surface area (Å²) in [6, 6.07) is 0. The molecule has 2 aliphatic rings. The van der Waals surface area contributed by atoms with Gasteiger partial charge >= 0.3 is 12.1 Å². The van der Waals surface area contributed by atoms with Crippen molar-refractivity contribution in [1.29, 1.82) is 0 Å². The van der Waals surface area contributed by atoms with Gasteiger partial charge < -0.3 is 19.5 Å². The summed E-state index contributed by atoms with van der Waals surface area (Å²) in [5, 5.41) is 10.2. The number of amides is 1. The van der Waals surface area contributed by atoms with E-state index in [1.807, 2.05) is 20.8 Å². The molecule has 0 bridgehead atoms. The molecule has 2 rings (SSSR count). The topological polar surface area (TPSA) is 76.1 Å². The van der Waals surface area contributed by atoms with Gasteiger partial charge in [-0.15, -0.1) is 0 Å². The number of hydrogen-bond donors (Lipinski definition) is 1. The van der Waals surface area contributed by atoms with E-state index >= 15 is 0 Å². The van der Waals surface area contributed by atoms with Crippen LogP contribution in [0, 0.1) is 5.41 Å². The van der Waals surface area contributed by atoms with Gasteiger partial charge in [0.25, 0.3) is 0 Å². The van der Waals surface area contributed by atoms with Gasteiger partial charge in [0.05, 0.1) is 0 Å². The number of piperidine rings is 1. The average molecular weight is 285 g/mol. The second-order valence-electron chi connectivity index (χ2n) is 6.68. The quantitative estimate of drug-likeness (QED) is 0.679. The van der Waals surface area contributed by atoms with Crippen LogP contribution in [0.25, 0.3) is 0 Å². The largest absolute Gasteiger partial charge is 0.459 e. The van der Waals surface area contributed by atoms with Crippen LogP contribution in [0.3, 0.4) is 0 Å². The van der Waals surface area contributed by atoms with Crippen molar-refractivity contribution in [2.24, 2.45) is 5.41 Å². The van der Waals surface area contributed by atoms with Gasteiger partial charge in [-0.2, -0.15) is 0 Å². The third-order valence-electron chi connectivity index (χ3n) is 4.02. The van der Waals surface area contributed by atoms with Gasteiger partial charge in [-0.3, -0.25) is 4.79 Å². The molecule has 0 aromatic heterocycles. The van der Waals surface area contributed by atoms with Crippen molar-refractivity contribution in [3.8, 4) is 0 Å². The standard InChI is InChI=1S/C14H23NO5/c1-9-10(16)14(11(17)19-9)5-7-15(8-6-14)12(18)20-13(2,3)4/h9-10,16H,5-8H2,1-4H3/t9-,10?/m0/s1. The summed E-state index contributed by atoms with van der Waals surface area (Å²) >= 11 is 0. The predicted octanol–water partition coefficient (Wildman–Crippen LogP) is 1.31. The highest BCUT2D eigenvalue weighted by Crippen LogP contribution is 2.43. The van der Waals surface area contributed by atoms with E-state index in [0.29, 0.717) is 25.9 Å². The van der Waals surface area contributed by atoms with Crippen LogP contribution in [0.15, 0.2) is 0 Å². The molecule has 1 N–H and O–H groups in total. The molecular weight excluding hydrogens is 262 g/mol. The van der Waals surface area contributed by atoms with E-state index in [-0.39, 0.29) is 12.1 Å². The van der Waals surface area contributed by atoms with Gasteiger partial charge in [-0.25, -0.2) is 4.79 Å². The van der Waals surface area contributed by atoms with Crippen LogP contribution in [0.5, 0.6) is 0 Å². The SMILES string of the molecule is C[C@@H]1OC(=O)C2(CCN(C(=O)OC(C)(C)C)CC2)C1O. The lowest BCUT2D eigenvalue weighted by molar-refractivity contribution is -0.151. The molecule has 2 fully saturated rings. The number of esters is 1. The molecule has 2 aliphatic heterocycles. The number of aliphatic hydroxyl groups is 1. The number of cyclic esters (lactones) is 1. The molecule has 1 unspecified atom stereocenters. The predicted molar refractivity (Wildman–Crippen MR) is 71.0 cm³/mol. The molecule has 114 valence electrons. The molecule has 0 radical (unpaired) electrons. The highest BCUT2D eigenvalue weighted by Gasteiger charge is 2.56. The number of likely N-dealkylation sites (tertiary alicyclic amines) is 1. The number of rotatable bonds is 0. The van der Waals surface area contributed by atoms with E-state index in [2.05, 4.69) is 0 Å². The third kappa shape index (κ3) is 2.61. The van der Waals surface area contributed by atoms with Gasteiger partial charge in [0, 0.05) is 13.1 Å². The number of hydrogen-bond acceptors (Lipinski definition) is 5. The van der Waals surface area contributed by atoms with Crippen molar-refractivity contribution in [2.45, 2.75) is 58.3 Å². The smallest absolute Gasteiger partial charge is 0.410 e. The molecule has 0 aliphatic carbocycles. The van der Waals surface area contributed by atoms with Crippen molar-refractivity contribution in [1.82, 2.24) is 4.90 Å². The van der Waals surface area contributed by atoms with Gasteiger partial charge in [0.2, 0.25) is 0 Å². The summed E-state index contributed by atoms with van der Waals surface area (Å²) in [6.45, 7) is 7.93. The van der Waals surface area contributed by atoms with Crippen LogP contribution >= 0.6 is 0 Å². The van der Waals surface area contributed by atoms with E-state index in [0.717, 1.165) is 0 Å².